The number of nitrogens with two attached hydrogens (primary N) is 2. The average molecular weight is 380 g/mol. The molecule has 0 unspecified atom stereocenters. The summed E-state index contributed by atoms with van der Waals surface area (Å²) in [5.41, 5.74) is 11.4. The van der Waals surface area contributed by atoms with E-state index < -0.39 is 17.4 Å². The molecule has 8 nitrogen and oxygen atoms in total. The van der Waals surface area contributed by atoms with Crippen molar-refractivity contribution in [2.24, 2.45) is 11.5 Å². The lowest BCUT2D eigenvalue weighted by atomic mass is 9.87. The zero-order valence-corrected chi connectivity index (χ0v) is 14.5. The van der Waals surface area contributed by atoms with Gasteiger partial charge in [-0.2, -0.15) is 5.26 Å². The predicted molar refractivity (Wildman–Crippen MR) is 97.2 cm³/mol. The maximum absolute atomic E-state index is 12.9. The van der Waals surface area contributed by atoms with Gasteiger partial charge in [-0.15, -0.1) is 11.3 Å². The summed E-state index contributed by atoms with van der Waals surface area (Å²) in [6, 6.07) is 8.61. The van der Waals surface area contributed by atoms with Gasteiger partial charge in [0.15, 0.2) is 0 Å². The summed E-state index contributed by atoms with van der Waals surface area (Å²) < 4.78 is 12.3. The number of thiazole rings is 1. The lowest BCUT2D eigenvalue weighted by molar-refractivity contribution is -0.113. The summed E-state index contributed by atoms with van der Waals surface area (Å²) in [6.45, 7) is 0. The molecule has 0 radical (unpaired) electrons. The van der Waals surface area contributed by atoms with Gasteiger partial charge in [0, 0.05) is 6.08 Å². The van der Waals surface area contributed by atoms with Crippen LogP contribution in [0.1, 0.15) is 17.4 Å². The monoisotopic (exact) mass is 380 g/mol. The van der Waals surface area contributed by atoms with E-state index >= 15 is 0 Å². The molecule has 0 bridgehead atoms. The van der Waals surface area contributed by atoms with Crippen LogP contribution >= 0.6 is 11.3 Å². The first kappa shape index (κ1) is 16.7. The minimum absolute atomic E-state index is 0.0238. The van der Waals surface area contributed by atoms with Crippen LogP contribution in [0.15, 0.2) is 56.0 Å². The van der Waals surface area contributed by atoms with Gasteiger partial charge >= 0.3 is 0 Å². The first-order valence-electron chi connectivity index (χ1n) is 7.77. The first-order chi connectivity index (χ1) is 13.0. The van der Waals surface area contributed by atoms with Crippen molar-refractivity contribution in [3.8, 4) is 6.07 Å². The topological polar surface area (TPSA) is 141 Å². The molecule has 3 aromatic heterocycles. The molecule has 0 spiro atoms. The van der Waals surface area contributed by atoms with Gasteiger partial charge in [0.1, 0.15) is 22.0 Å². The van der Waals surface area contributed by atoms with Crippen molar-refractivity contribution in [2.45, 2.75) is 5.92 Å². The highest BCUT2D eigenvalue weighted by Crippen LogP contribution is 2.35. The minimum Gasteiger partial charge on any atom is -0.468 e. The lowest BCUT2D eigenvalue weighted by Crippen LogP contribution is -2.40. The Bertz CT molecular complexity index is 1280. The van der Waals surface area contributed by atoms with E-state index in [0.29, 0.717) is 16.1 Å². The van der Waals surface area contributed by atoms with Crippen LogP contribution in [0.5, 0.6) is 0 Å². The van der Waals surface area contributed by atoms with E-state index in [9.17, 15) is 14.9 Å². The lowest BCUT2D eigenvalue weighted by Gasteiger charge is -2.22. The number of nitrogens with zero attached hydrogens (tertiary/aromatic N) is 2. The molecule has 4 heterocycles. The van der Waals surface area contributed by atoms with E-state index in [-0.39, 0.29) is 21.6 Å². The van der Waals surface area contributed by atoms with Gasteiger partial charge in [-0.05, 0) is 24.3 Å². The van der Waals surface area contributed by atoms with Gasteiger partial charge in [0.05, 0.1) is 40.2 Å². The molecule has 1 aliphatic rings. The summed E-state index contributed by atoms with van der Waals surface area (Å²) in [4.78, 5) is 25.1. The predicted octanol–water partition coefficient (Wildman–Crippen LogP) is 0.00888. The Morgan fingerprint density at radius 1 is 1.30 bits per heavy atom. The molecule has 4 N–H and O–H groups in total. The third kappa shape index (κ3) is 2.51. The number of nitriles is 1. The third-order valence-corrected chi connectivity index (χ3v) is 5.29. The van der Waals surface area contributed by atoms with E-state index in [0.717, 1.165) is 15.9 Å². The van der Waals surface area contributed by atoms with Gasteiger partial charge in [-0.25, -0.2) is 0 Å². The molecule has 3 aromatic rings. The molecule has 4 rings (SSSR count). The molecular weight excluding hydrogens is 368 g/mol. The summed E-state index contributed by atoms with van der Waals surface area (Å²) in [5, 5.41) is 9.63. The van der Waals surface area contributed by atoms with Gasteiger partial charge in [0.2, 0.25) is 5.91 Å². The molecule has 27 heavy (non-hydrogen) atoms. The highest BCUT2D eigenvalue weighted by Gasteiger charge is 2.36. The second-order valence-electron chi connectivity index (χ2n) is 5.71. The molecule has 0 aliphatic carbocycles. The average Bonchev–Trinajstić information content (AvgIpc) is 3.37. The number of fused-ring (bicyclic) bond motifs is 1. The van der Waals surface area contributed by atoms with Crippen LogP contribution in [-0.4, -0.2) is 10.5 Å². The van der Waals surface area contributed by atoms with Crippen molar-refractivity contribution in [3.05, 3.63) is 73.4 Å². The van der Waals surface area contributed by atoms with E-state index in [1.54, 1.807) is 24.3 Å². The Labute approximate surface area is 155 Å². The van der Waals surface area contributed by atoms with E-state index in [4.69, 9.17) is 20.3 Å². The van der Waals surface area contributed by atoms with Crippen molar-refractivity contribution in [2.75, 3.05) is 0 Å². The second kappa shape index (κ2) is 6.19. The van der Waals surface area contributed by atoms with Crippen molar-refractivity contribution >= 4 is 34.7 Å². The SMILES string of the molecule is N#CC1=C(N)n2c(s/c(=C\c3ccco3)c2=O)=C(C(N)=O)[C@H]1c1ccco1. The highest BCUT2D eigenvalue weighted by molar-refractivity contribution is 7.07. The van der Waals surface area contributed by atoms with Crippen LogP contribution in [0.25, 0.3) is 17.5 Å². The fraction of sp³-hybridized carbons (Fsp3) is 0.0556. The molecule has 0 saturated heterocycles. The molecule has 134 valence electrons. The standard InChI is InChI=1S/C18H12N4O4S/c19-8-10-13(11-4-2-6-26-11)14(16(21)23)18-22(15(10)20)17(24)12(27-18)7-9-3-1-5-25-9/h1-7,13H,20H2,(H2,21,23)/b12-7-/t13-/m1/s1. The smallest absolute Gasteiger partial charge is 0.274 e. The molecule has 0 aromatic carbocycles. The largest absolute Gasteiger partial charge is 0.468 e. The summed E-state index contributed by atoms with van der Waals surface area (Å²) in [7, 11) is 0. The molecular formula is C18H12N4O4S. The quantitative estimate of drug-likeness (QED) is 0.655. The fourth-order valence-electron chi connectivity index (χ4n) is 3.03. The van der Waals surface area contributed by atoms with Crippen LogP contribution in [0.3, 0.4) is 0 Å². The molecule has 9 heteroatoms. The zero-order chi connectivity index (χ0) is 19.1. The summed E-state index contributed by atoms with van der Waals surface area (Å²) in [5.74, 6) is -0.892. The number of carbonyl (C=O) groups excluding carboxylic acids is 1. The van der Waals surface area contributed by atoms with Crippen LogP contribution in [-0.2, 0) is 4.79 Å². The fourth-order valence-corrected chi connectivity index (χ4v) is 4.19. The molecule has 0 saturated carbocycles. The van der Waals surface area contributed by atoms with E-state index in [1.165, 1.54) is 18.6 Å². The highest BCUT2D eigenvalue weighted by atomic mass is 32.1. The molecule has 1 amide bonds. The van der Waals surface area contributed by atoms with Crippen molar-refractivity contribution in [3.63, 3.8) is 0 Å². The zero-order valence-electron chi connectivity index (χ0n) is 13.7. The number of primary amides is 1. The number of carbonyl (C=O) groups is 1. The molecule has 0 fully saturated rings. The molecule has 1 atom stereocenters. The number of hydrogen-bond acceptors (Lipinski definition) is 7. The minimum atomic E-state index is -0.878. The van der Waals surface area contributed by atoms with Crippen molar-refractivity contribution in [1.29, 1.82) is 5.26 Å². The van der Waals surface area contributed by atoms with Crippen LogP contribution in [0, 0.1) is 11.3 Å². The van der Waals surface area contributed by atoms with Crippen LogP contribution in [0.2, 0.25) is 0 Å². The number of amides is 1. The Hall–Kier alpha value is -3.77. The number of furan rings is 2. The maximum Gasteiger partial charge on any atom is 0.274 e. The first-order valence-corrected chi connectivity index (χ1v) is 8.59. The van der Waals surface area contributed by atoms with Crippen LogP contribution < -0.4 is 26.2 Å². The Kier molecular flexibility index (Phi) is 3.83. The summed E-state index contributed by atoms with van der Waals surface area (Å²) in [6.07, 6.45) is 4.44. The molecule has 1 aliphatic heterocycles. The number of aromatic nitrogens is 1. The second-order valence-corrected chi connectivity index (χ2v) is 6.74. The van der Waals surface area contributed by atoms with E-state index in [1.807, 2.05) is 6.07 Å². The maximum atomic E-state index is 12.9. The van der Waals surface area contributed by atoms with Crippen molar-refractivity contribution < 1.29 is 13.6 Å². The number of hydrogen-bond donors (Lipinski definition) is 2. The Balaban J connectivity index is 2.13. The van der Waals surface area contributed by atoms with Gasteiger partial charge in [-0.1, -0.05) is 0 Å². The van der Waals surface area contributed by atoms with Crippen LogP contribution in [0.4, 0.5) is 0 Å². The van der Waals surface area contributed by atoms with Gasteiger partial charge in [-0.3, -0.25) is 14.2 Å². The number of rotatable bonds is 3. The normalized spacial score (nSPS) is 17.1. The Morgan fingerprint density at radius 2 is 2.04 bits per heavy atom. The summed E-state index contributed by atoms with van der Waals surface area (Å²) >= 11 is 1.05. The number of allylic oxidation sites excluding steroid dienone is 1. The van der Waals surface area contributed by atoms with Gasteiger partial charge in [0.25, 0.3) is 5.56 Å². The van der Waals surface area contributed by atoms with E-state index in [2.05, 4.69) is 0 Å². The van der Waals surface area contributed by atoms with Crippen molar-refractivity contribution in [1.82, 2.24) is 4.57 Å². The Morgan fingerprint density at radius 3 is 2.63 bits per heavy atom. The third-order valence-electron chi connectivity index (χ3n) is 4.18. The van der Waals surface area contributed by atoms with Gasteiger partial charge < -0.3 is 20.3 Å².